The van der Waals surface area contributed by atoms with E-state index in [0.29, 0.717) is 0 Å². The van der Waals surface area contributed by atoms with Crippen LogP contribution in [0.5, 0.6) is 0 Å². The second-order valence-corrected chi connectivity index (χ2v) is 6.76. The summed E-state index contributed by atoms with van der Waals surface area (Å²) in [4.78, 5) is -0.128. The molecule has 0 aromatic rings. The van der Waals surface area contributed by atoms with Crippen LogP contribution in [0.15, 0.2) is 11.1 Å². The van der Waals surface area contributed by atoms with Gasteiger partial charge in [-0.05, 0) is 55.3 Å². The zero-order valence-corrected chi connectivity index (χ0v) is 9.56. The maximum absolute atomic E-state index is 6.74. The van der Waals surface area contributed by atoms with E-state index in [-0.39, 0.29) is 4.87 Å². The van der Waals surface area contributed by atoms with Gasteiger partial charge < -0.3 is 0 Å². The van der Waals surface area contributed by atoms with Crippen LogP contribution in [0, 0.1) is 29.6 Å². The Kier molecular flexibility index (Phi) is 1.42. The van der Waals surface area contributed by atoms with Crippen LogP contribution in [0.25, 0.3) is 0 Å². The van der Waals surface area contributed by atoms with Crippen LogP contribution in [-0.4, -0.2) is 4.87 Å². The summed E-state index contributed by atoms with van der Waals surface area (Å²) in [6, 6.07) is 0. The molecule has 0 radical (unpaired) electrons. The topological polar surface area (TPSA) is 0 Å². The van der Waals surface area contributed by atoms with Crippen molar-refractivity contribution >= 4 is 23.2 Å². The molecular weight excluding hydrogens is 215 g/mol. The average molecular weight is 229 g/mol. The van der Waals surface area contributed by atoms with Gasteiger partial charge in [-0.15, -0.1) is 11.6 Å². The lowest BCUT2D eigenvalue weighted by Crippen LogP contribution is -2.35. The average Bonchev–Trinajstić information content (AvgIpc) is 2.80. The molecule has 3 fully saturated rings. The van der Waals surface area contributed by atoms with E-state index < -0.39 is 0 Å². The molecule has 4 aliphatic rings. The van der Waals surface area contributed by atoms with E-state index in [1.54, 1.807) is 0 Å². The van der Waals surface area contributed by atoms with E-state index in [4.69, 9.17) is 23.2 Å². The fourth-order valence-electron chi connectivity index (χ4n) is 5.00. The first-order valence-electron chi connectivity index (χ1n) is 5.77. The summed E-state index contributed by atoms with van der Waals surface area (Å²) in [7, 11) is 0. The van der Waals surface area contributed by atoms with Gasteiger partial charge in [0, 0.05) is 5.03 Å². The molecule has 14 heavy (non-hydrogen) atoms. The van der Waals surface area contributed by atoms with Gasteiger partial charge in [0.05, 0.1) is 4.87 Å². The summed E-state index contributed by atoms with van der Waals surface area (Å²) < 4.78 is 0. The minimum absolute atomic E-state index is 0.128. The van der Waals surface area contributed by atoms with Crippen LogP contribution >= 0.6 is 23.2 Å². The van der Waals surface area contributed by atoms with Crippen LogP contribution in [0.2, 0.25) is 0 Å². The number of allylic oxidation sites excluding steroid dienone is 2. The van der Waals surface area contributed by atoms with Gasteiger partial charge >= 0.3 is 0 Å². The van der Waals surface area contributed by atoms with E-state index in [1.165, 1.54) is 19.3 Å². The maximum atomic E-state index is 6.74. The van der Waals surface area contributed by atoms with Crippen molar-refractivity contribution in [1.29, 1.82) is 0 Å². The van der Waals surface area contributed by atoms with Gasteiger partial charge in [0.15, 0.2) is 0 Å². The molecule has 0 nitrogen and oxygen atoms in total. The molecule has 0 aromatic heterocycles. The third kappa shape index (κ3) is 0.736. The van der Waals surface area contributed by atoms with E-state index >= 15 is 0 Å². The Labute approximate surface area is 94.6 Å². The summed E-state index contributed by atoms with van der Waals surface area (Å²) in [5.41, 5.74) is 0. The lowest BCUT2D eigenvalue weighted by Gasteiger charge is -2.37. The molecule has 4 aliphatic carbocycles. The minimum atomic E-state index is -0.128. The summed E-state index contributed by atoms with van der Waals surface area (Å²) >= 11 is 13.0. The van der Waals surface area contributed by atoms with Crippen molar-refractivity contribution in [3.8, 4) is 0 Å². The van der Waals surface area contributed by atoms with Crippen LogP contribution < -0.4 is 0 Å². The number of rotatable bonds is 0. The number of alkyl halides is 1. The van der Waals surface area contributed by atoms with Crippen LogP contribution in [0.4, 0.5) is 0 Å². The van der Waals surface area contributed by atoms with Crippen molar-refractivity contribution in [3.05, 3.63) is 11.1 Å². The molecule has 0 amide bonds. The highest BCUT2D eigenvalue weighted by Crippen LogP contribution is 2.70. The van der Waals surface area contributed by atoms with Crippen molar-refractivity contribution in [2.75, 3.05) is 0 Å². The second-order valence-electron chi connectivity index (χ2n) is 5.68. The Morgan fingerprint density at radius 3 is 2.93 bits per heavy atom. The van der Waals surface area contributed by atoms with Gasteiger partial charge in [-0.25, -0.2) is 0 Å². The second kappa shape index (κ2) is 2.35. The molecule has 76 valence electrons. The van der Waals surface area contributed by atoms with Crippen LogP contribution in [-0.2, 0) is 0 Å². The van der Waals surface area contributed by atoms with Gasteiger partial charge in [-0.3, -0.25) is 0 Å². The van der Waals surface area contributed by atoms with E-state index in [9.17, 15) is 0 Å². The zero-order chi connectivity index (χ0) is 9.50. The molecule has 0 spiro atoms. The third-order valence-corrected chi connectivity index (χ3v) is 6.46. The van der Waals surface area contributed by atoms with E-state index in [2.05, 4.69) is 6.08 Å². The molecule has 4 rings (SSSR count). The Hall–Kier alpha value is 0.320. The first-order chi connectivity index (χ1) is 6.70. The summed E-state index contributed by atoms with van der Waals surface area (Å²) in [6.07, 6.45) is 7.71. The molecule has 0 aromatic carbocycles. The lowest BCUT2D eigenvalue weighted by atomic mass is 9.73. The van der Waals surface area contributed by atoms with Crippen molar-refractivity contribution in [1.82, 2.24) is 0 Å². The van der Waals surface area contributed by atoms with Crippen molar-refractivity contribution in [2.45, 2.75) is 30.6 Å². The van der Waals surface area contributed by atoms with Crippen molar-refractivity contribution in [2.24, 2.45) is 29.6 Å². The molecule has 0 N–H and O–H groups in total. The summed E-state index contributed by atoms with van der Waals surface area (Å²) in [5.74, 6) is 4.23. The van der Waals surface area contributed by atoms with Crippen molar-refractivity contribution < 1.29 is 0 Å². The molecule has 0 aliphatic heterocycles. The normalized spacial score (nSPS) is 63.3. The van der Waals surface area contributed by atoms with Gasteiger partial charge in [-0.1, -0.05) is 17.7 Å². The number of hydrogen-bond donors (Lipinski definition) is 0. The maximum Gasteiger partial charge on any atom is 0.0837 e. The first kappa shape index (κ1) is 8.47. The lowest BCUT2D eigenvalue weighted by molar-refractivity contribution is 0.212. The number of hydrogen-bond acceptors (Lipinski definition) is 0. The molecule has 6 unspecified atom stereocenters. The molecule has 3 saturated carbocycles. The molecule has 2 heteroatoms. The van der Waals surface area contributed by atoms with Crippen LogP contribution in [0.3, 0.4) is 0 Å². The summed E-state index contributed by atoms with van der Waals surface area (Å²) in [6.45, 7) is 0. The Bertz CT molecular complexity index is 335. The zero-order valence-electron chi connectivity index (χ0n) is 8.05. The fourth-order valence-corrected chi connectivity index (χ4v) is 5.93. The highest BCUT2D eigenvalue weighted by atomic mass is 35.5. The Balaban J connectivity index is 1.85. The molecule has 4 bridgehead atoms. The van der Waals surface area contributed by atoms with E-state index in [0.717, 1.165) is 41.0 Å². The van der Waals surface area contributed by atoms with Crippen LogP contribution in [0.1, 0.15) is 25.7 Å². The first-order valence-corrected chi connectivity index (χ1v) is 6.52. The molecular formula is C12H14Cl2. The Morgan fingerprint density at radius 1 is 1.29 bits per heavy atom. The smallest absolute Gasteiger partial charge is 0.0837 e. The predicted molar refractivity (Wildman–Crippen MR) is 58.4 cm³/mol. The molecule has 0 heterocycles. The van der Waals surface area contributed by atoms with Crippen molar-refractivity contribution in [3.63, 3.8) is 0 Å². The predicted octanol–water partition coefficient (Wildman–Crippen LogP) is 3.78. The quantitative estimate of drug-likeness (QED) is 0.438. The highest BCUT2D eigenvalue weighted by Gasteiger charge is 2.66. The largest absolute Gasteiger partial charge is 0.113 e. The highest BCUT2D eigenvalue weighted by molar-refractivity contribution is 6.40. The van der Waals surface area contributed by atoms with Gasteiger partial charge in [0.25, 0.3) is 0 Å². The number of halogens is 2. The third-order valence-electron chi connectivity index (χ3n) is 5.29. The molecule has 6 atom stereocenters. The monoisotopic (exact) mass is 228 g/mol. The minimum Gasteiger partial charge on any atom is -0.113 e. The fraction of sp³-hybridized carbons (Fsp3) is 0.833. The van der Waals surface area contributed by atoms with Gasteiger partial charge in [0.1, 0.15) is 0 Å². The standard InChI is InChI=1S/C12H14Cl2/c13-9-4-8-5-12(9,14)11-7-2-1-6(3-7)10(8)11/h4,6-8,10-11H,1-3,5H2. The van der Waals surface area contributed by atoms with Gasteiger partial charge in [-0.2, -0.15) is 0 Å². The Morgan fingerprint density at radius 2 is 2.07 bits per heavy atom. The van der Waals surface area contributed by atoms with Gasteiger partial charge in [0.2, 0.25) is 0 Å². The number of fused-ring (bicyclic) bond motifs is 9. The SMILES string of the molecule is ClC1=CC2CC1(Cl)C1C3CCC(C3)C21. The van der Waals surface area contributed by atoms with E-state index in [1.807, 2.05) is 0 Å². The summed E-state index contributed by atoms with van der Waals surface area (Å²) in [5, 5.41) is 0.970. The molecule has 0 saturated heterocycles.